The van der Waals surface area contributed by atoms with Crippen LogP contribution in [-0.2, 0) is 0 Å². The van der Waals surface area contributed by atoms with Gasteiger partial charge in [0, 0.05) is 11.1 Å². The molecule has 0 bridgehead atoms. The van der Waals surface area contributed by atoms with Crippen LogP contribution in [0.4, 0.5) is 13.2 Å². The van der Waals surface area contributed by atoms with E-state index in [1.807, 2.05) is 0 Å². The molecule has 3 N–H and O–H groups in total. The lowest BCUT2D eigenvalue weighted by atomic mass is 10.1. The quantitative estimate of drug-likeness (QED) is 0.268. The second kappa shape index (κ2) is 9.40. The molecule has 2 aromatic rings. The van der Waals surface area contributed by atoms with Crippen LogP contribution >= 0.6 is 0 Å². The van der Waals surface area contributed by atoms with Gasteiger partial charge in [0.25, 0.3) is 5.91 Å². The van der Waals surface area contributed by atoms with Gasteiger partial charge in [0.1, 0.15) is 24.2 Å². The molecule has 0 aliphatic rings. The molecule has 0 heterocycles. The SMILES string of the molecule is COc1ccc(C(=O)NN(C=N)C=N)cc1/C=C/c1ccc(OC(F)(F)F)cc1. The van der Waals surface area contributed by atoms with Crippen molar-refractivity contribution in [3.05, 3.63) is 59.2 Å². The van der Waals surface area contributed by atoms with Crippen LogP contribution in [0.1, 0.15) is 21.5 Å². The second-order valence-corrected chi connectivity index (χ2v) is 5.51. The highest BCUT2D eigenvalue weighted by atomic mass is 19.4. The van der Waals surface area contributed by atoms with E-state index in [1.54, 1.807) is 18.2 Å². The van der Waals surface area contributed by atoms with Crippen molar-refractivity contribution >= 4 is 30.7 Å². The molecule has 0 radical (unpaired) electrons. The van der Waals surface area contributed by atoms with Crippen LogP contribution in [-0.4, -0.2) is 37.1 Å². The lowest BCUT2D eigenvalue weighted by Crippen LogP contribution is -2.39. The number of nitrogens with one attached hydrogen (secondary N) is 3. The van der Waals surface area contributed by atoms with Crippen molar-refractivity contribution in [2.75, 3.05) is 7.11 Å². The molecule has 152 valence electrons. The van der Waals surface area contributed by atoms with E-state index in [2.05, 4.69) is 10.2 Å². The molecule has 0 saturated heterocycles. The Kier molecular flexibility index (Phi) is 6.96. The number of methoxy groups -OCH3 is 1. The molecule has 0 spiro atoms. The van der Waals surface area contributed by atoms with Gasteiger partial charge in [-0.25, -0.2) is 5.01 Å². The van der Waals surface area contributed by atoms with Gasteiger partial charge in [0.2, 0.25) is 0 Å². The second-order valence-electron chi connectivity index (χ2n) is 5.51. The molecule has 29 heavy (non-hydrogen) atoms. The molecule has 1 amide bonds. The summed E-state index contributed by atoms with van der Waals surface area (Å²) < 4.78 is 45.7. The molecule has 0 aliphatic heterocycles. The molecule has 0 unspecified atom stereocenters. The molecule has 10 heteroatoms. The zero-order valence-electron chi connectivity index (χ0n) is 15.2. The Morgan fingerprint density at radius 3 is 2.28 bits per heavy atom. The summed E-state index contributed by atoms with van der Waals surface area (Å²) in [6.45, 7) is 0. The molecular weight excluding hydrogens is 389 g/mol. The Hall–Kier alpha value is -3.82. The van der Waals surface area contributed by atoms with Gasteiger partial charge in [-0.2, -0.15) is 0 Å². The van der Waals surface area contributed by atoms with E-state index < -0.39 is 12.3 Å². The summed E-state index contributed by atoms with van der Waals surface area (Å²) in [7, 11) is 1.46. The topological polar surface area (TPSA) is 98.5 Å². The number of hydrogen-bond donors (Lipinski definition) is 3. The maximum Gasteiger partial charge on any atom is 0.573 e. The lowest BCUT2D eigenvalue weighted by molar-refractivity contribution is -0.274. The summed E-state index contributed by atoms with van der Waals surface area (Å²) in [6.07, 6.45) is 0.0537. The average molecular weight is 406 g/mol. The van der Waals surface area contributed by atoms with Crippen LogP contribution < -0.4 is 14.9 Å². The van der Waals surface area contributed by atoms with E-state index in [4.69, 9.17) is 15.6 Å². The zero-order chi connectivity index (χ0) is 21.4. The van der Waals surface area contributed by atoms with Crippen LogP contribution in [0.25, 0.3) is 12.2 Å². The Morgan fingerprint density at radius 1 is 1.07 bits per heavy atom. The van der Waals surface area contributed by atoms with Gasteiger partial charge >= 0.3 is 6.36 Å². The maximum absolute atomic E-state index is 12.2. The monoisotopic (exact) mass is 406 g/mol. The van der Waals surface area contributed by atoms with Crippen molar-refractivity contribution in [1.29, 1.82) is 10.8 Å². The Morgan fingerprint density at radius 2 is 1.72 bits per heavy atom. The highest BCUT2D eigenvalue weighted by Crippen LogP contribution is 2.25. The number of rotatable bonds is 8. The van der Waals surface area contributed by atoms with Crippen molar-refractivity contribution in [3.63, 3.8) is 0 Å². The fraction of sp³-hybridized carbons (Fsp3) is 0.105. The van der Waals surface area contributed by atoms with Crippen LogP contribution in [0.5, 0.6) is 11.5 Å². The lowest BCUT2D eigenvalue weighted by Gasteiger charge is -2.14. The van der Waals surface area contributed by atoms with Crippen molar-refractivity contribution in [3.8, 4) is 11.5 Å². The first-order chi connectivity index (χ1) is 13.8. The summed E-state index contributed by atoms with van der Waals surface area (Å²) in [4.78, 5) is 12.2. The number of carbonyl (C=O) groups excluding carboxylic acids is 1. The summed E-state index contributed by atoms with van der Waals surface area (Å²) in [6, 6.07) is 9.92. The van der Waals surface area contributed by atoms with Crippen molar-refractivity contribution in [2.45, 2.75) is 6.36 Å². The molecule has 0 fully saturated rings. The van der Waals surface area contributed by atoms with Gasteiger partial charge in [-0.1, -0.05) is 24.3 Å². The van der Waals surface area contributed by atoms with Gasteiger partial charge in [0.15, 0.2) is 0 Å². The molecule has 7 nitrogen and oxygen atoms in total. The van der Waals surface area contributed by atoms with Crippen molar-refractivity contribution in [1.82, 2.24) is 10.4 Å². The Labute approximate surface area is 164 Å². The average Bonchev–Trinajstić information content (AvgIpc) is 2.70. The fourth-order valence-electron chi connectivity index (χ4n) is 2.26. The number of ether oxygens (including phenoxy) is 2. The van der Waals surface area contributed by atoms with Gasteiger partial charge in [-0.05, 0) is 35.9 Å². The normalized spacial score (nSPS) is 11.0. The predicted molar refractivity (Wildman–Crippen MR) is 102 cm³/mol. The van der Waals surface area contributed by atoms with Gasteiger partial charge in [-0.15, -0.1) is 13.2 Å². The number of hydrogen-bond acceptors (Lipinski definition) is 5. The van der Waals surface area contributed by atoms with Crippen LogP contribution in [0.3, 0.4) is 0 Å². The highest BCUT2D eigenvalue weighted by Gasteiger charge is 2.30. The van der Waals surface area contributed by atoms with Crippen LogP contribution in [0, 0.1) is 10.8 Å². The Bertz CT molecular complexity index is 904. The molecule has 2 aromatic carbocycles. The zero-order valence-corrected chi connectivity index (χ0v) is 15.2. The number of carbonyl (C=O) groups is 1. The first-order valence-electron chi connectivity index (χ1n) is 8.08. The minimum atomic E-state index is -4.75. The van der Waals surface area contributed by atoms with E-state index in [9.17, 15) is 18.0 Å². The van der Waals surface area contributed by atoms with Crippen molar-refractivity contribution in [2.24, 2.45) is 0 Å². The minimum absolute atomic E-state index is 0.257. The molecule has 0 aliphatic carbocycles. The van der Waals surface area contributed by atoms with E-state index in [0.717, 1.165) is 17.7 Å². The largest absolute Gasteiger partial charge is 0.573 e. The third kappa shape index (κ3) is 6.38. The van der Waals surface area contributed by atoms with Crippen molar-refractivity contribution < 1.29 is 27.4 Å². The third-order valence-corrected chi connectivity index (χ3v) is 3.57. The minimum Gasteiger partial charge on any atom is -0.496 e. The molecule has 0 aromatic heterocycles. The molecular formula is C19H17F3N4O3. The summed E-state index contributed by atoms with van der Waals surface area (Å²) in [5, 5.41) is 15.0. The van der Waals surface area contributed by atoms with Crippen LogP contribution in [0.2, 0.25) is 0 Å². The third-order valence-electron chi connectivity index (χ3n) is 3.57. The molecule has 0 atom stereocenters. The fourth-order valence-corrected chi connectivity index (χ4v) is 2.26. The summed E-state index contributed by atoms with van der Waals surface area (Å²) in [5.74, 6) is -0.387. The first kappa shape index (κ1) is 21.5. The maximum atomic E-state index is 12.2. The number of hydrazine groups is 1. The highest BCUT2D eigenvalue weighted by molar-refractivity contribution is 5.96. The standard InChI is InChI=1S/C19H17F3N4O3/c1-28-17-9-6-15(18(27)25-26(11-23)12-24)10-14(17)5-2-13-3-7-16(8-4-13)29-19(20,21)22/h2-12,23-24H,1H3,(H,25,27)/b5-2+,23-11?,24-12?. The number of benzene rings is 2. The number of nitrogens with zero attached hydrogens (tertiary/aromatic N) is 1. The number of amides is 1. The Balaban J connectivity index is 2.21. The number of alkyl halides is 3. The first-order valence-corrected chi connectivity index (χ1v) is 8.08. The molecule has 0 saturated carbocycles. The van der Waals surface area contributed by atoms with E-state index in [-0.39, 0.29) is 11.3 Å². The predicted octanol–water partition coefficient (Wildman–Crippen LogP) is 3.93. The van der Waals surface area contributed by atoms with Gasteiger partial charge in [-0.3, -0.25) is 21.0 Å². The summed E-state index contributed by atoms with van der Waals surface area (Å²) >= 11 is 0. The van der Waals surface area contributed by atoms with E-state index in [0.29, 0.717) is 16.9 Å². The number of halogens is 3. The van der Waals surface area contributed by atoms with Gasteiger partial charge < -0.3 is 9.47 Å². The van der Waals surface area contributed by atoms with E-state index in [1.165, 1.54) is 43.5 Å². The smallest absolute Gasteiger partial charge is 0.496 e. The van der Waals surface area contributed by atoms with Crippen LogP contribution in [0.15, 0.2) is 42.5 Å². The van der Waals surface area contributed by atoms with E-state index >= 15 is 0 Å². The molecule has 2 rings (SSSR count). The summed E-state index contributed by atoms with van der Waals surface area (Å²) in [5.41, 5.74) is 3.75. The van der Waals surface area contributed by atoms with Gasteiger partial charge in [0.05, 0.1) is 7.11 Å².